The Labute approximate surface area is 179 Å². The first-order chi connectivity index (χ1) is 14.2. The van der Waals surface area contributed by atoms with E-state index in [9.17, 15) is 26.3 Å². The van der Waals surface area contributed by atoms with Crippen LogP contribution >= 0.6 is 0 Å². The topological polar surface area (TPSA) is 0 Å². The van der Waals surface area contributed by atoms with Crippen molar-refractivity contribution in [1.29, 1.82) is 0 Å². The fourth-order valence-electron chi connectivity index (χ4n) is 3.90. The Morgan fingerprint density at radius 1 is 0.806 bits per heavy atom. The summed E-state index contributed by atoms with van der Waals surface area (Å²) in [6.07, 6.45) is -3.13. The molecule has 0 heterocycles. The summed E-state index contributed by atoms with van der Waals surface area (Å²) < 4.78 is 80.9. The predicted octanol–water partition coefficient (Wildman–Crippen LogP) is 8.83. The largest absolute Gasteiger partial charge is 0.416 e. The zero-order chi connectivity index (χ0) is 23.2. The van der Waals surface area contributed by atoms with Crippen molar-refractivity contribution in [2.45, 2.75) is 64.7 Å². The van der Waals surface area contributed by atoms with Crippen LogP contribution in [0.2, 0.25) is 0 Å². The third-order valence-corrected chi connectivity index (χ3v) is 5.45. The van der Waals surface area contributed by atoms with Gasteiger partial charge in [-0.2, -0.15) is 26.3 Å². The van der Waals surface area contributed by atoms with Gasteiger partial charge in [-0.05, 0) is 64.3 Å². The lowest BCUT2D eigenvalue weighted by atomic mass is 9.78. The monoisotopic (exact) mass is 439 g/mol. The van der Waals surface area contributed by atoms with E-state index in [0.29, 0.717) is 16.7 Å². The van der Waals surface area contributed by atoms with E-state index in [2.05, 4.69) is 6.92 Å². The van der Waals surface area contributed by atoms with Gasteiger partial charge in [0.15, 0.2) is 0 Å². The van der Waals surface area contributed by atoms with E-state index in [1.54, 1.807) is 0 Å². The van der Waals surface area contributed by atoms with E-state index in [1.807, 2.05) is 45.4 Å². The number of rotatable bonds is 4. The number of hydrogen-bond acceptors (Lipinski definition) is 0. The van der Waals surface area contributed by atoms with Crippen molar-refractivity contribution in [3.8, 4) is 11.1 Å². The first-order valence-electron chi connectivity index (χ1n) is 10.2. The molecule has 0 amide bonds. The molecule has 0 saturated heterocycles. The van der Waals surface area contributed by atoms with Gasteiger partial charge in [0.25, 0.3) is 0 Å². The third kappa shape index (κ3) is 4.99. The smallest absolute Gasteiger partial charge is 0.166 e. The van der Waals surface area contributed by atoms with Crippen LogP contribution in [0.25, 0.3) is 17.2 Å². The average molecular weight is 439 g/mol. The highest BCUT2D eigenvalue weighted by Gasteiger charge is 2.38. The number of fused-ring (bicyclic) bond motifs is 1. The molecular formula is C25H25F6. The summed E-state index contributed by atoms with van der Waals surface area (Å²) >= 11 is 0. The Hall–Kier alpha value is -2.24. The van der Waals surface area contributed by atoms with Crippen LogP contribution in [0.1, 0.15) is 74.8 Å². The molecule has 0 spiro atoms. The predicted molar refractivity (Wildman–Crippen MR) is 111 cm³/mol. The van der Waals surface area contributed by atoms with Crippen LogP contribution in [0.4, 0.5) is 26.3 Å². The van der Waals surface area contributed by atoms with Crippen LogP contribution in [-0.2, 0) is 17.8 Å². The molecule has 3 rings (SSSR count). The van der Waals surface area contributed by atoms with Crippen LogP contribution in [0.15, 0.2) is 35.9 Å². The molecule has 0 nitrogen and oxygen atoms in total. The molecular weight excluding hydrogens is 414 g/mol. The van der Waals surface area contributed by atoms with Gasteiger partial charge in [0.1, 0.15) is 0 Å². The molecule has 1 radical (unpaired) electrons. The molecule has 0 aromatic heterocycles. The van der Waals surface area contributed by atoms with Gasteiger partial charge in [0.2, 0.25) is 0 Å². The molecule has 0 unspecified atom stereocenters. The molecule has 0 saturated carbocycles. The Morgan fingerprint density at radius 3 is 1.87 bits per heavy atom. The van der Waals surface area contributed by atoms with Gasteiger partial charge in [-0.15, -0.1) is 0 Å². The van der Waals surface area contributed by atoms with Crippen molar-refractivity contribution < 1.29 is 26.3 Å². The maximum absolute atomic E-state index is 13.5. The molecule has 2 aromatic rings. The van der Waals surface area contributed by atoms with E-state index >= 15 is 0 Å². The van der Waals surface area contributed by atoms with Gasteiger partial charge in [-0.25, -0.2) is 0 Å². The van der Waals surface area contributed by atoms with Crippen molar-refractivity contribution in [3.63, 3.8) is 0 Å². The molecule has 1 aliphatic carbocycles. The molecule has 1 aliphatic rings. The molecule has 0 bridgehead atoms. The highest BCUT2D eigenvalue weighted by atomic mass is 19.4. The number of halogens is 6. The van der Waals surface area contributed by atoms with Crippen molar-refractivity contribution in [3.05, 3.63) is 70.1 Å². The molecule has 0 fully saturated rings. The maximum atomic E-state index is 13.5. The summed E-state index contributed by atoms with van der Waals surface area (Å²) in [6, 6.07) is 5.55. The van der Waals surface area contributed by atoms with E-state index in [4.69, 9.17) is 0 Å². The number of alkyl halides is 6. The zero-order valence-electron chi connectivity index (χ0n) is 17.9. The van der Waals surface area contributed by atoms with Crippen LogP contribution in [-0.4, -0.2) is 0 Å². The number of allylic oxidation sites excluding steroid dienone is 1. The SMILES string of the molecule is CCCCC1=Cc2c(ccc(C(C)(C)C)c2-c2cc(C(F)(F)F)cc(C(F)(F)F)c2)[CH]1. The second kappa shape index (κ2) is 8.03. The van der Waals surface area contributed by atoms with Crippen LogP contribution in [0, 0.1) is 6.42 Å². The molecule has 167 valence electrons. The quantitative estimate of drug-likeness (QED) is 0.418. The van der Waals surface area contributed by atoms with Crippen LogP contribution in [0.5, 0.6) is 0 Å². The third-order valence-electron chi connectivity index (χ3n) is 5.45. The number of benzene rings is 2. The summed E-state index contributed by atoms with van der Waals surface area (Å²) in [5.74, 6) is 0. The van der Waals surface area contributed by atoms with Gasteiger partial charge in [-0.1, -0.05) is 57.9 Å². The summed E-state index contributed by atoms with van der Waals surface area (Å²) in [4.78, 5) is 0. The highest BCUT2D eigenvalue weighted by Crippen LogP contribution is 2.45. The minimum absolute atomic E-state index is 0.0645. The first kappa shape index (κ1) is 23.4. The Morgan fingerprint density at radius 2 is 1.39 bits per heavy atom. The lowest BCUT2D eigenvalue weighted by molar-refractivity contribution is -0.143. The maximum Gasteiger partial charge on any atom is 0.416 e. The lowest BCUT2D eigenvalue weighted by Crippen LogP contribution is -2.15. The van der Waals surface area contributed by atoms with Gasteiger partial charge in [-0.3, -0.25) is 0 Å². The fourth-order valence-corrected chi connectivity index (χ4v) is 3.90. The van der Waals surface area contributed by atoms with Crippen LogP contribution < -0.4 is 0 Å². The van der Waals surface area contributed by atoms with E-state index in [1.165, 1.54) is 0 Å². The van der Waals surface area contributed by atoms with Gasteiger partial charge in [0, 0.05) is 6.42 Å². The minimum Gasteiger partial charge on any atom is -0.166 e. The van der Waals surface area contributed by atoms with Crippen molar-refractivity contribution in [2.75, 3.05) is 0 Å². The molecule has 0 N–H and O–H groups in total. The van der Waals surface area contributed by atoms with E-state index < -0.39 is 28.9 Å². The fraction of sp³-hybridized carbons (Fsp3) is 0.400. The summed E-state index contributed by atoms with van der Waals surface area (Å²) in [5, 5.41) is 0. The summed E-state index contributed by atoms with van der Waals surface area (Å²) in [6.45, 7) is 7.76. The van der Waals surface area contributed by atoms with Crippen molar-refractivity contribution >= 4 is 6.08 Å². The average Bonchev–Trinajstić information content (AvgIpc) is 3.06. The Kier molecular flexibility index (Phi) is 6.07. The molecule has 6 heteroatoms. The lowest BCUT2D eigenvalue weighted by Gasteiger charge is -2.26. The van der Waals surface area contributed by atoms with Crippen LogP contribution in [0.3, 0.4) is 0 Å². The summed E-state index contributed by atoms with van der Waals surface area (Å²) in [5.41, 5.74) is 0.545. The van der Waals surface area contributed by atoms with Gasteiger partial charge < -0.3 is 0 Å². The second-order valence-corrected chi connectivity index (χ2v) is 9.00. The van der Waals surface area contributed by atoms with Gasteiger partial charge >= 0.3 is 12.4 Å². The highest BCUT2D eigenvalue weighted by molar-refractivity contribution is 5.86. The van der Waals surface area contributed by atoms with E-state index in [0.717, 1.165) is 42.5 Å². The summed E-state index contributed by atoms with van der Waals surface area (Å²) in [7, 11) is 0. The van der Waals surface area contributed by atoms with E-state index in [-0.39, 0.29) is 11.6 Å². The second-order valence-electron chi connectivity index (χ2n) is 9.00. The van der Waals surface area contributed by atoms with Gasteiger partial charge in [0.05, 0.1) is 11.1 Å². The zero-order valence-corrected chi connectivity index (χ0v) is 17.9. The standard InChI is InChI=1S/C25H25F6/c1-5-6-7-15-10-16-8-9-21(23(2,3)4)22(20(16)11-15)17-12-18(24(26,27)28)14-19(13-17)25(29,30)31/h8-14H,5-7H2,1-4H3. The first-order valence-corrected chi connectivity index (χ1v) is 10.2. The Balaban J connectivity index is 2.32. The number of hydrogen-bond donors (Lipinski definition) is 0. The van der Waals surface area contributed by atoms with Crippen molar-refractivity contribution in [1.82, 2.24) is 0 Å². The molecule has 31 heavy (non-hydrogen) atoms. The minimum atomic E-state index is -4.88. The molecule has 2 aromatic carbocycles. The number of unbranched alkanes of at least 4 members (excludes halogenated alkanes) is 1. The molecule has 0 atom stereocenters. The van der Waals surface area contributed by atoms with Crippen molar-refractivity contribution in [2.24, 2.45) is 0 Å². The normalized spacial score (nSPS) is 14.6. The molecule has 0 aliphatic heterocycles. The Bertz CT molecular complexity index is 968.